The van der Waals surface area contributed by atoms with Crippen molar-refractivity contribution in [1.82, 2.24) is 4.90 Å². The minimum atomic E-state index is -2.41. The average molecular weight is 245 g/mol. The second-order valence-corrected chi connectivity index (χ2v) is 6.45. The third kappa shape index (κ3) is 1.64. The molecular formula is C13H21F2NO. The van der Waals surface area contributed by atoms with Gasteiger partial charge in [0.25, 0.3) is 5.92 Å². The SMILES string of the molecule is CC(C)OC[C@@]12CCCN1C[C@]1(CC1(F)F)C2. The number of fused-ring (bicyclic) bond motifs is 1. The fourth-order valence-corrected chi connectivity index (χ4v) is 3.77. The van der Waals surface area contributed by atoms with Gasteiger partial charge in [0.05, 0.1) is 18.1 Å². The van der Waals surface area contributed by atoms with Crippen LogP contribution in [0.3, 0.4) is 0 Å². The van der Waals surface area contributed by atoms with Crippen molar-refractivity contribution in [1.29, 1.82) is 0 Å². The molecule has 3 rings (SSSR count). The van der Waals surface area contributed by atoms with Gasteiger partial charge in [0.1, 0.15) is 0 Å². The van der Waals surface area contributed by atoms with Gasteiger partial charge in [0.2, 0.25) is 0 Å². The molecule has 98 valence electrons. The van der Waals surface area contributed by atoms with E-state index in [0.29, 0.717) is 19.6 Å². The first-order valence-corrected chi connectivity index (χ1v) is 6.64. The maximum absolute atomic E-state index is 13.5. The molecule has 0 aromatic carbocycles. The molecule has 1 saturated carbocycles. The van der Waals surface area contributed by atoms with Crippen molar-refractivity contribution in [2.24, 2.45) is 5.41 Å². The summed E-state index contributed by atoms with van der Waals surface area (Å²) in [4.78, 5) is 2.27. The topological polar surface area (TPSA) is 12.5 Å². The Morgan fingerprint density at radius 1 is 1.29 bits per heavy atom. The van der Waals surface area contributed by atoms with E-state index in [1.165, 1.54) is 0 Å². The van der Waals surface area contributed by atoms with Crippen LogP contribution < -0.4 is 0 Å². The van der Waals surface area contributed by atoms with Gasteiger partial charge in [-0.15, -0.1) is 0 Å². The molecule has 3 aliphatic rings. The molecule has 2 heterocycles. The first-order valence-electron chi connectivity index (χ1n) is 6.64. The highest BCUT2D eigenvalue weighted by Crippen LogP contribution is 2.69. The van der Waals surface area contributed by atoms with E-state index >= 15 is 0 Å². The molecule has 1 aliphatic carbocycles. The fourth-order valence-electron chi connectivity index (χ4n) is 3.77. The number of nitrogens with zero attached hydrogens (tertiary/aromatic N) is 1. The number of alkyl halides is 2. The molecule has 2 aliphatic heterocycles. The number of ether oxygens (including phenoxy) is 1. The summed E-state index contributed by atoms with van der Waals surface area (Å²) in [6.07, 6.45) is 3.07. The summed E-state index contributed by atoms with van der Waals surface area (Å²) >= 11 is 0. The highest BCUT2D eigenvalue weighted by Gasteiger charge is 2.77. The van der Waals surface area contributed by atoms with Crippen LogP contribution in [0.4, 0.5) is 8.78 Å². The predicted octanol–water partition coefficient (Wildman–Crippen LogP) is 2.68. The Balaban J connectivity index is 1.74. The van der Waals surface area contributed by atoms with Crippen LogP contribution in [-0.2, 0) is 4.74 Å². The van der Waals surface area contributed by atoms with Gasteiger partial charge < -0.3 is 4.74 Å². The van der Waals surface area contributed by atoms with Crippen LogP contribution in [0.1, 0.15) is 39.5 Å². The van der Waals surface area contributed by atoms with Crippen LogP contribution in [0.25, 0.3) is 0 Å². The van der Waals surface area contributed by atoms with Gasteiger partial charge in [-0.1, -0.05) is 0 Å². The number of rotatable bonds is 3. The zero-order valence-electron chi connectivity index (χ0n) is 10.6. The Labute approximate surface area is 101 Å². The lowest BCUT2D eigenvalue weighted by Gasteiger charge is -2.32. The fraction of sp³-hybridized carbons (Fsp3) is 1.00. The van der Waals surface area contributed by atoms with E-state index in [1.807, 2.05) is 13.8 Å². The first-order chi connectivity index (χ1) is 7.89. The van der Waals surface area contributed by atoms with Crippen LogP contribution >= 0.6 is 0 Å². The monoisotopic (exact) mass is 245 g/mol. The molecule has 2 saturated heterocycles. The van der Waals surface area contributed by atoms with Gasteiger partial charge in [-0.25, -0.2) is 8.78 Å². The molecule has 3 fully saturated rings. The number of halogens is 2. The molecular weight excluding hydrogens is 224 g/mol. The van der Waals surface area contributed by atoms with Gasteiger partial charge in [0, 0.05) is 18.5 Å². The smallest absolute Gasteiger partial charge is 0.255 e. The zero-order chi connectivity index (χ0) is 12.3. The summed E-state index contributed by atoms with van der Waals surface area (Å²) in [5, 5.41) is 0. The summed E-state index contributed by atoms with van der Waals surface area (Å²) < 4.78 is 32.7. The van der Waals surface area contributed by atoms with Crippen LogP contribution in [0.15, 0.2) is 0 Å². The Morgan fingerprint density at radius 2 is 2.00 bits per heavy atom. The van der Waals surface area contributed by atoms with E-state index in [9.17, 15) is 8.78 Å². The highest BCUT2D eigenvalue weighted by molar-refractivity contribution is 5.22. The van der Waals surface area contributed by atoms with Crippen LogP contribution in [-0.4, -0.2) is 42.2 Å². The standard InChI is InChI=1S/C13H21F2NO/c1-10(2)17-9-12-4-3-5-16(12)8-11(6-12)7-13(11,14)15/h10H,3-9H2,1-2H3/t11-,12+/m1/s1. The summed E-state index contributed by atoms with van der Waals surface area (Å²) in [6.45, 7) is 6.20. The Morgan fingerprint density at radius 3 is 2.59 bits per heavy atom. The van der Waals surface area contributed by atoms with E-state index in [2.05, 4.69) is 4.90 Å². The molecule has 0 radical (unpaired) electrons. The van der Waals surface area contributed by atoms with Gasteiger partial charge in [-0.05, 0) is 39.7 Å². The summed E-state index contributed by atoms with van der Waals surface area (Å²) in [7, 11) is 0. The Kier molecular flexibility index (Phi) is 2.38. The maximum Gasteiger partial charge on any atom is 0.255 e. The van der Waals surface area contributed by atoms with Crippen molar-refractivity contribution >= 4 is 0 Å². The van der Waals surface area contributed by atoms with Crippen molar-refractivity contribution in [3.05, 3.63) is 0 Å². The minimum absolute atomic E-state index is 0.0792. The van der Waals surface area contributed by atoms with Gasteiger partial charge in [-0.2, -0.15) is 0 Å². The zero-order valence-corrected chi connectivity index (χ0v) is 10.6. The van der Waals surface area contributed by atoms with Crippen LogP contribution in [0.5, 0.6) is 0 Å². The Bertz CT molecular complexity index is 333. The largest absolute Gasteiger partial charge is 0.377 e. The summed E-state index contributed by atoms with van der Waals surface area (Å²) in [5.41, 5.74) is -0.780. The normalized spacial score (nSPS) is 43.6. The average Bonchev–Trinajstić information content (AvgIpc) is 2.55. The number of hydrogen-bond donors (Lipinski definition) is 0. The van der Waals surface area contributed by atoms with E-state index in [-0.39, 0.29) is 18.1 Å². The molecule has 0 unspecified atom stereocenters. The van der Waals surface area contributed by atoms with Crippen molar-refractivity contribution in [3.63, 3.8) is 0 Å². The second kappa shape index (κ2) is 3.41. The maximum atomic E-state index is 13.5. The lowest BCUT2D eigenvalue weighted by molar-refractivity contribution is 0.00191. The van der Waals surface area contributed by atoms with Crippen molar-refractivity contribution in [3.8, 4) is 0 Å². The molecule has 2 nitrogen and oxygen atoms in total. The Hall–Kier alpha value is -0.220. The number of hydrogen-bond acceptors (Lipinski definition) is 2. The summed E-state index contributed by atoms with van der Waals surface area (Å²) in [6, 6.07) is 0. The van der Waals surface area contributed by atoms with E-state index in [1.54, 1.807) is 0 Å². The van der Waals surface area contributed by atoms with E-state index in [4.69, 9.17) is 4.74 Å². The molecule has 17 heavy (non-hydrogen) atoms. The van der Waals surface area contributed by atoms with Gasteiger partial charge in [0.15, 0.2) is 0 Å². The molecule has 2 atom stereocenters. The molecule has 1 spiro atoms. The molecule has 0 aromatic heterocycles. The second-order valence-electron chi connectivity index (χ2n) is 6.45. The molecule has 0 bridgehead atoms. The molecule has 4 heteroatoms. The van der Waals surface area contributed by atoms with E-state index in [0.717, 1.165) is 19.4 Å². The molecule has 0 N–H and O–H groups in total. The van der Waals surface area contributed by atoms with Gasteiger partial charge >= 0.3 is 0 Å². The van der Waals surface area contributed by atoms with Crippen LogP contribution in [0.2, 0.25) is 0 Å². The molecule has 0 aromatic rings. The lowest BCUT2D eigenvalue weighted by atomic mass is 9.89. The van der Waals surface area contributed by atoms with Crippen molar-refractivity contribution in [2.75, 3.05) is 19.7 Å². The minimum Gasteiger partial charge on any atom is -0.377 e. The summed E-state index contributed by atoms with van der Waals surface area (Å²) in [5.74, 6) is -2.41. The third-order valence-electron chi connectivity index (χ3n) is 4.80. The molecule has 0 amide bonds. The quantitative estimate of drug-likeness (QED) is 0.758. The van der Waals surface area contributed by atoms with Crippen molar-refractivity contribution in [2.45, 2.75) is 57.1 Å². The van der Waals surface area contributed by atoms with E-state index < -0.39 is 11.3 Å². The highest BCUT2D eigenvalue weighted by atomic mass is 19.3. The van der Waals surface area contributed by atoms with Crippen molar-refractivity contribution < 1.29 is 13.5 Å². The predicted molar refractivity (Wildman–Crippen MR) is 61.2 cm³/mol. The first kappa shape index (κ1) is 11.8. The van der Waals surface area contributed by atoms with Gasteiger partial charge in [-0.3, -0.25) is 4.90 Å². The lowest BCUT2D eigenvalue weighted by Crippen LogP contribution is -2.43. The third-order valence-corrected chi connectivity index (χ3v) is 4.80. The van der Waals surface area contributed by atoms with Crippen LogP contribution in [0, 0.1) is 5.41 Å².